The Bertz CT molecular complexity index is 1420. The van der Waals surface area contributed by atoms with Gasteiger partial charge in [0.25, 0.3) is 5.56 Å². The van der Waals surface area contributed by atoms with Crippen LogP contribution in [0.5, 0.6) is 11.5 Å². The standard InChI is InChI=1S/C24H24N4O4S/c1-13-6-8-17(14(2)10-13)21-23-22(25-15(3)33-23)24(30)28(27-21)12-20(29)26-18-11-16(31-4)7-9-19(18)32-5/h6-11H,12H2,1-5H3,(H,26,29). The first kappa shape index (κ1) is 22.5. The van der Waals surface area contributed by atoms with Crippen LogP contribution in [0.4, 0.5) is 5.69 Å². The molecule has 0 saturated heterocycles. The van der Waals surface area contributed by atoms with Crippen LogP contribution in [0.3, 0.4) is 0 Å². The Hall–Kier alpha value is -3.72. The van der Waals surface area contributed by atoms with Crippen LogP contribution in [0.15, 0.2) is 41.2 Å². The van der Waals surface area contributed by atoms with Gasteiger partial charge in [0.1, 0.15) is 23.7 Å². The summed E-state index contributed by atoms with van der Waals surface area (Å²) in [6, 6.07) is 11.1. The summed E-state index contributed by atoms with van der Waals surface area (Å²) in [6.07, 6.45) is 0. The van der Waals surface area contributed by atoms with Crippen molar-refractivity contribution in [3.63, 3.8) is 0 Å². The predicted molar refractivity (Wildman–Crippen MR) is 129 cm³/mol. The summed E-state index contributed by atoms with van der Waals surface area (Å²) in [5.74, 6) is 0.623. The van der Waals surface area contributed by atoms with Crippen LogP contribution in [0.25, 0.3) is 21.5 Å². The fraction of sp³-hybridized carbons (Fsp3) is 0.250. The van der Waals surface area contributed by atoms with Gasteiger partial charge in [0.2, 0.25) is 5.91 Å². The van der Waals surface area contributed by atoms with Gasteiger partial charge in [-0.25, -0.2) is 9.67 Å². The van der Waals surface area contributed by atoms with Gasteiger partial charge in [0, 0.05) is 11.6 Å². The summed E-state index contributed by atoms with van der Waals surface area (Å²) < 4.78 is 12.4. The van der Waals surface area contributed by atoms with Crippen LogP contribution in [0.2, 0.25) is 0 Å². The Morgan fingerprint density at radius 1 is 1.09 bits per heavy atom. The first-order chi connectivity index (χ1) is 15.8. The van der Waals surface area contributed by atoms with E-state index in [-0.39, 0.29) is 6.54 Å². The number of nitrogens with one attached hydrogen (secondary N) is 1. The summed E-state index contributed by atoms with van der Waals surface area (Å²) in [7, 11) is 3.05. The number of hydrogen-bond donors (Lipinski definition) is 1. The highest BCUT2D eigenvalue weighted by atomic mass is 32.1. The highest BCUT2D eigenvalue weighted by molar-refractivity contribution is 7.19. The molecule has 0 aliphatic carbocycles. The van der Waals surface area contributed by atoms with Crippen molar-refractivity contribution in [3.05, 3.63) is 62.9 Å². The number of carbonyl (C=O) groups excluding carboxylic acids is 1. The van der Waals surface area contributed by atoms with E-state index in [0.717, 1.165) is 31.1 Å². The second kappa shape index (κ2) is 9.03. The van der Waals surface area contributed by atoms with Crippen molar-refractivity contribution in [2.45, 2.75) is 27.3 Å². The van der Waals surface area contributed by atoms with Crippen molar-refractivity contribution < 1.29 is 14.3 Å². The third-order valence-electron chi connectivity index (χ3n) is 5.22. The third-order valence-corrected chi connectivity index (χ3v) is 6.20. The van der Waals surface area contributed by atoms with Gasteiger partial charge in [-0.3, -0.25) is 9.59 Å². The molecule has 0 bridgehead atoms. The number of methoxy groups -OCH3 is 2. The normalized spacial score (nSPS) is 10.9. The smallest absolute Gasteiger partial charge is 0.294 e. The van der Waals surface area contributed by atoms with Gasteiger partial charge in [-0.1, -0.05) is 23.8 Å². The molecule has 8 nitrogen and oxygen atoms in total. The maximum absolute atomic E-state index is 13.1. The Balaban J connectivity index is 1.75. The van der Waals surface area contributed by atoms with Gasteiger partial charge in [-0.2, -0.15) is 5.10 Å². The lowest BCUT2D eigenvalue weighted by atomic mass is 10.0. The highest BCUT2D eigenvalue weighted by Crippen LogP contribution is 2.32. The zero-order chi connectivity index (χ0) is 23.7. The van der Waals surface area contributed by atoms with E-state index < -0.39 is 11.5 Å². The summed E-state index contributed by atoms with van der Waals surface area (Å²) in [6.45, 7) is 5.60. The van der Waals surface area contributed by atoms with Gasteiger partial charge >= 0.3 is 0 Å². The Kier molecular flexibility index (Phi) is 6.15. The van der Waals surface area contributed by atoms with Crippen LogP contribution >= 0.6 is 11.3 Å². The minimum Gasteiger partial charge on any atom is -0.497 e. The van der Waals surface area contributed by atoms with Gasteiger partial charge in [0.05, 0.1) is 29.6 Å². The number of rotatable bonds is 6. The molecule has 0 aliphatic heterocycles. The summed E-state index contributed by atoms with van der Waals surface area (Å²) >= 11 is 1.42. The Labute approximate surface area is 194 Å². The van der Waals surface area contributed by atoms with Crippen LogP contribution in [-0.4, -0.2) is 34.9 Å². The molecular weight excluding hydrogens is 440 g/mol. The average molecular weight is 465 g/mol. The van der Waals surface area contributed by atoms with Gasteiger partial charge < -0.3 is 14.8 Å². The van der Waals surface area contributed by atoms with Crippen LogP contribution in [-0.2, 0) is 11.3 Å². The second-order valence-electron chi connectivity index (χ2n) is 7.65. The molecule has 0 radical (unpaired) electrons. The molecule has 0 fully saturated rings. The molecule has 4 rings (SSSR count). The van der Waals surface area contributed by atoms with Crippen molar-refractivity contribution in [1.82, 2.24) is 14.8 Å². The second-order valence-corrected chi connectivity index (χ2v) is 8.86. The van der Waals surface area contributed by atoms with E-state index in [0.29, 0.717) is 28.4 Å². The Morgan fingerprint density at radius 3 is 2.58 bits per heavy atom. The maximum atomic E-state index is 13.1. The molecule has 33 heavy (non-hydrogen) atoms. The van der Waals surface area contributed by atoms with Crippen LogP contribution in [0.1, 0.15) is 16.1 Å². The number of fused-ring (bicyclic) bond motifs is 1. The fourth-order valence-electron chi connectivity index (χ4n) is 3.67. The van der Waals surface area contributed by atoms with Crippen LogP contribution in [0, 0.1) is 20.8 Å². The maximum Gasteiger partial charge on any atom is 0.294 e. The van der Waals surface area contributed by atoms with E-state index in [1.165, 1.54) is 25.6 Å². The fourth-order valence-corrected chi connectivity index (χ4v) is 4.58. The van der Waals surface area contributed by atoms with Gasteiger partial charge in [-0.05, 0) is 38.5 Å². The minimum absolute atomic E-state index is 0.274. The van der Waals surface area contributed by atoms with Crippen molar-refractivity contribution in [2.24, 2.45) is 0 Å². The van der Waals surface area contributed by atoms with E-state index in [2.05, 4.69) is 21.5 Å². The van der Waals surface area contributed by atoms with E-state index in [1.807, 2.05) is 32.9 Å². The number of aryl methyl sites for hydroxylation is 3. The van der Waals surface area contributed by atoms with E-state index in [4.69, 9.17) is 9.47 Å². The summed E-state index contributed by atoms with van der Waals surface area (Å²) in [5.41, 5.74) is 4.05. The summed E-state index contributed by atoms with van der Waals surface area (Å²) in [4.78, 5) is 30.4. The number of aromatic nitrogens is 3. The molecule has 2 heterocycles. The monoisotopic (exact) mass is 464 g/mol. The number of amides is 1. The first-order valence-electron chi connectivity index (χ1n) is 10.3. The summed E-state index contributed by atoms with van der Waals surface area (Å²) in [5, 5.41) is 8.13. The zero-order valence-corrected chi connectivity index (χ0v) is 19.9. The quantitative estimate of drug-likeness (QED) is 0.462. The zero-order valence-electron chi connectivity index (χ0n) is 19.1. The number of anilines is 1. The molecule has 9 heteroatoms. The molecule has 0 atom stereocenters. The molecule has 2 aromatic heterocycles. The number of hydrogen-bond acceptors (Lipinski definition) is 7. The molecule has 1 N–H and O–H groups in total. The molecule has 0 unspecified atom stereocenters. The highest BCUT2D eigenvalue weighted by Gasteiger charge is 2.19. The third kappa shape index (κ3) is 4.45. The molecule has 0 spiro atoms. The molecule has 4 aromatic rings. The molecule has 0 aliphatic rings. The van der Waals surface area contributed by atoms with Gasteiger partial charge in [-0.15, -0.1) is 11.3 Å². The van der Waals surface area contributed by atoms with Crippen molar-refractivity contribution in [3.8, 4) is 22.8 Å². The molecule has 170 valence electrons. The number of benzene rings is 2. The first-order valence-corrected chi connectivity index (χ1v) is 11.1. The van der Waals surface area contributed by atoms with Crippen molar-refractivity contribution in [1.29, 1.82) is 0 Å². The largest absolute Gasteiger partial charge is 0.497 e. The molecule has 0 saturated carbocycles. The lowest BCUT2D eigenvalue weighted by Gasteiger charge is -2.13. The number of nitrogens with zero attached hydrogens (tertiary/aromatic N) is 3. The Morgan fingerprint density at radius 2 is 1.88 bits per heavy atom. The van der Waals surface area contributed by atoms with Crippen molar-refractivity contribution in [2.75, 3.05) is 19.5 Å². The SMILES string of the molecule is COc1ccc(OC)c(NC(=O)Cn2nc(-c3ccc(C)cc3C)c3sc(C)nc3c2=O)c1. The van der Waals surface area contributed by atoms with E-state index >= 15 is 0 Å². The molecule has 2 aromatic carbocycles. The average Bonchev–Trinajstić information content (AvgIpc) is 3.18. The van der Waals surface area contributed by atoms with E-state index in [1.54, 1.807) is 18.2 Å². The predicted octanol–water partition coefficient (Wildman–Crippen LogP) is 4.10. The lowest BCUT2D eigenvalue weighted by Crippen LogP contribution is -2.30. The van der Waals surface area contributed by atoms with Crippen LogP contribution < -0.4 is 20.3 Å². The molecule has 1 amide bonds. The minimum atomic E-state index is -0.422. The topological polar surface area (TPSA) is 95.3 Å². The number of ether oxygens (including phenoxy) is 2. The van der Waals surface area contributed by atoms with E-state index in [9.17, 15) is 9.59 Å². The number of carbonyl (C=O) groups is 1. The van der Waals surface area contributed by atoms with Crippen molar-refractivity contribution >= 4 is 33.1 Å². The molecular formula is C24H24N4O4S. The van der Waals surface area contributed by atoms with Gasteiger partial charge in [0.15, 0.2) is 5.52 Å². The lowest BCUT2D eigenvalue weighted by molar-refractivity contribution is -0.117. The number of thiazole rings is 1.